The molecule has 10 heteroatoms. The van der Waals surface area contributed by atoms with Crippen molar-refractivity contribution in [1.82, 2.24) is 0 Å². The lowest BCUT2D eigenvalue weighted by Gasteiger charge is -2.10. The second kappa shape index (κ2) is 9.61. The maximum atomic E-state index is 12.8. The van der Waals surface area contributed by atoms with Gasteiger partial charge in [-0.05, 0) is 30.3 Å². The van der Waals surface area contributed by atoms with Crippen molar-refractivity contribution < 1.29 is 22.8 Å². The summed E-state index contributed by atoms with van der Waals surface area (Å²) in [6, 6.07) is 18.0. The zero-order valence-electron chi connectivity index (χ0n) is 16.3. The molecule has 0 heterocycles. The molecule has 162 valence electrons. The third kappa shape index (κ3) is 5.40. The van der Waals surface area contributed by atoms with E-state index >= 15 is 0 Å². The first-order valence-corrected chi connectivity index (χ1v) is 9.14. The van der Waals surface area contributed by atoms with E-state index in [1.807, 2.05) is 0 Å². The van der Waals surface area contributed by atoms with E-state index in [-0.39, 0.29) is 12.3 Å². The molecule has 32 heavy (non-hydrogen) atoms. The number of nitro groups is 1. The number of anilines is 1. The molecule has 1 N–H and O–H groups in total. The number of halogens is 3. The van der Waals surface area contributed by atoms with Crippen molar-refractivity contribution in [3.05, 3.63) is 99.1 Å². The maximum absolute atomic E-state index is 12.8. The molecule has 0 radical (unpaired) electrons. The minimum Gasteiger partial charge on any atom is -0.488 e. The fraction of sp³-hybridized carbons (Fsp3) is 0.0909. The summed E-state index contributed by atoms with van der Waals surface area (Å²) in [6.45, 7) is 0.131. The average molecular weight is 440 g/mol. The number of rotatable bonds is 7. The van der Waals surface area contributed by atoms with Crippen LogP contribution in [0.2, 0.25) is 0 Å². The van der Waals surface area contributed by atoms with E-state index in [0.29, 0.717) is 28.5 Å². The van der Waals surface area contributed by atoms with Gasteiger partial charge in [0.05, 0.1) is 28.3 Å². The van der Waals surface area contributed by atoms with Crippen molar-refractivity contribution in [1.29, 1.82) is 5.26 Å². The van der Waals surface area contributed by atoms with Crippen LogP contribution in [0, 0.1) is 21.4 Å². The number of para-hydroxylation sites is 1. The fourth-order valence-electron chi connectivity index (χ4n) is 2.75. The maximum Gasteiger partial charge on any atom is 0.416 e. The van der Waals surface area contributed by atoms with Crippen LogP contribution in [-0.4, -0.2) is 11.1 Å². The van der Waals surface area contributed by atoms with Gasteiger partial charge in [0.1, 0.15) is 18.0 Å². The predicted molar refractivity (Wildman–Crippen MR) is 111 cm³/mol. The van der Waals surface area contributed by atoms with Crippen LogP contribution in [0.25, 0.3) is 0 Å². The van der Waals surface area contributed by atoms with Gasteiger partial charge in [-0.3, -0.25) is 15.5 Å². The molecule has 0 bridgehead atoms. The molecular weight excluding hydrogens is 425 g/mol. The van der Waals surface area contributed by atoms with E-state index in [0.717, 1.165) is 12.1 Å². The number of benzene rings is 3. The van der Waals surface area contributed by atoms with Crippen LogP contribution in [-0.2, 0) is 12.8 Å². The van der Waals surface area contributed by atoms with Crippen LogP contribution < -0.4 is 10.2 Å². The Morgan fingerprint density at radius 3 is 2.56 bits per heavy atom. The molecule has 3 aromatic rings. The molecule has 0 saturated heterocycles. The van der Waals surface area contributed by atoms with Gasteiger partial charge < -0.3 is 4.74 Å². The zero-order chi connectivity index (χ0) is 23.1. The van der Waals surface area contributed by atoms with Gasteiger partial charge in [0.25, 0.3) is 5.69 Å². The van der Waals surface area contributed by atoms with Crippen molar-refractivity contribution in [2.45, 2.75) is 12.8 Å². The SMILES string of the molecule is N#Cc1ccccc1COc1ccccc1/C=N\Nc1ccc(C(F)(F)F)cc1[N+](=O)[O-]. The van der Waals surface area contributed by atoms with Gasteiger partial charge >= 0.3 is 6.18 Å². The number of nitro benzene ring substituents is 1. The normalized spacial score (nSPS) is 11.2. The van der Waals surface area contributed by atoms with Gasteiger partial charge in [-0.2, -0.15) is 23.5 Å². The fourth-order valence-corrected chi connectivity index (χ4v) is 2.75. The van der Waals surface area contributed by atoms with Gasteiger partial charge in [-0.15, -0.1) is 0 Å². The van der Waals surface area contributed by atoms with Crippen molar-refractivity contribution >= 4 is 17.6 Å². The Morgan fingerprint density at radius 2 is 1.84 bits per heavy atom. The molecule has 0 fully saturated rings. The molecule has 0 saturated carbocycles. The average Bonchev–Trinajstić information content (AvgIpc) is 2.78. The molecule has 0 aliphatic heterocycles. The Kier molecular flexibility index (Phi) is 6.70. The molecule has 3 rings (SSSR count). The predicted octanol–water partition coefficient (Wildman–Crippen LogP) is 5.51. The molecule has 3 aromatic carbocycles. The van der Waals surface area contributed by atoms with E-state index in [2.05, 4.69) is 16.6 Å². The monoisotopic (exact) mass is 440 g/mol. The summed E-state index contributed by atoms with van der Waals surface area (Å²) >= 11 is 0. The van der Waals surface area contributed by atoms with Gasteiger partial charge in [-0.25, -0.2) is 0 Å². The van der Waals surface area contributed by atoms with Crippen LogP contribution in [0.3, 0.4) is 0 Å². The Morgan fingerprint density at radius 1 is 1.12 bits per heavy atom. The van der Waals surface area contributed by atoms with E-state index in [9.17, 15) is 28.5 Å². The number of ether oxygens (including phenoxy) is 1. The lowest BCUT2D eigenvalue weighted by Crippen LogP contribution is -2.06. The Bertz CT molecular complexity index is 1200. The van der Waals surface area contributed by atoms with Crippen LogP contribution in [0.15, 0.2) is 71.8 Å². The summed E-state index contributed by atoms with van der Waals surface area (Å²) in [4.78, 5) is 10.2. The first-order chi connectivity index (χ1) is 15.3. The summed E-state index contributed by atoms with van der Waals surface area (Å²) in [5.74, 6) is 0.438. The lowest BCUT2D eigenvalue weighted by molar-refractivity contribution is -0.384. The number of hydrogen-bond donors (Lipinski definition) is 1. The summed E-state index contributed by atoms with van der Waals surface area (Å²) < 4.78 is 44.2. The minimum atomic E-state index is -4.70. The summed E-state index contributed by atoms with van der Waals surface area (Å²) in [5, 5.41) is 24.2. The van der Waals surface area contributed by atoms with E-state index in [1.54, 1.807) is 48.5 Å². The second-order valence-corrected chi connectivity index (χ2v) is 6.45. The number of hydrazone groups is 1. The Balaban J connectivity index is 1.77. The zero-order valence-corrected chi connectivity index (χ0v) is 16.3. The highest BCUT2D eigenvalue weighted by atomic mass is 19.4. The molecule has 7 nitrogen and oxygen atoms in total. The van der Waals surface area contributed by atoms with Crippen molar-refractivity contribution in [2.24, 2.45) is 5.10 Å². The smallest absolute Gasteiger partial charge is 0.416 e. The van der Waals surface area contributed by atoms with Crippen LogP contribution in [0.1, 0.15) is 22.3 Å². The van der Waals surface area contributed by atoms with Crippen molar-refractivity contribution in [2.75, 3.05) is 5.43 Å². The first kappa shape index (κ1) is 22.3. The molecule has 0 spiro atoms. The largest absolute Gasteiger partial charge is 0.488 e. The standard InChI is InChI=1S/C22H15F3N4O3/c23-22(24,25)18-9-10-19(20(11-18)29(30)31)28-27-13-16-6-3-4-8-21(16)32-14-17-7-2-1-5-15(17)12-26/h1-11,13,28H,14H2/b27-13-. The highest BCUT2D eigenvalue weighted by Crippen LogP contribution is 2.35. The third-order valence-corrected chi connectivity index (χ3v) is 4.35. The molecule has 0 aliphatic carbocycles. The molecule has 0 atom stereocenters. The number of nitriles is 1. The number of alkyl halides is 3. The Labute approximate surface area is 180 Å². The molecule has 0 aromatic heterocycles. The van der Waals surface area contributed by atoms with Crippen molar-refractivity contribution in [3.63, 3.8) is 0 Å². The molecule has 0 amide bonds. The highest BCUT2D eigenvalue weighted by molar-refractivity contribution is 5.84. The van der Waals surface area contributed by atoms with E-state index in [4.69, 9.17) is 4.74 Å². The summed E-state index contributed by atoms with van der Waals surface area (Å²) in [6.07, 6.45) is -3.38. The van der Waals surface area contributed by atoms with Gasteiger partial charge in [0, 0.05) is 17.2 Å². The van der Waals surface area contributed by atoms with Crippen LogP contribution >= 0.6 is 0 Å². The highest BCUT2D eigenvalue weighted by Gasteiger charge is 2.33. The number of hydrogen-bond acceptors (Lipinski definition) is 6. The number of nitrogens with zero attached hydrogens (tertiary/aromatic N) is 3. The summed E-state index contributed by atoms with van der Waals surface area (Å²) in [7, 11) is 0. The molecular formula is C22H15F3N4O3. The van der Waals surface area contributed by atoms with Gasteiger partial charge in [0.2, 0.25) is 0 Å². The molecule has 0 aliphatic rings. The molecule has 0 unspecified atom stereocenters. The number of nitrogens with one attached hydrogen (secondary N) is 1. The van der Waals surface area contributed by atoms with Crippen LogP contribution in [0.4, 0.5) is 24.5 Å². The Hall–Kier alpha value is -4.39. The van der Waals surface area contributed by atoms with E-state index < -0.39 is 22.4 Å². The quantitative estimate of drug-likeness (QED) is 0.297. The van der Waals surface area contributed by atoms with Gasteiger partial charge in [-0.1, -0.05) is 30.3 Å². The third-order valence-electron chi connectivity index (χ3n) is 4.35. The van der Waals surface area contributed by atoms with Crippen LogP contribution in [0.5, 0.6) is 5.75 Å². The summed E-state index contributed by atoms with van der Waals surface area (Å²) in [5.41, 5.74) is 2.02. The first-order valence-electron chi connectivity index (χ1n) is 9.14. The van der Waals surface area contributed by atoms with Gasteiger partial charge in [0.15, 0.2) is 0 Å². The second-order valence-electron chi connectivity index (χ2n) is 6.45. The van der Waals surface area contributed by atoms with E-state index in [1.165, 1.54) is 6.21 Å². The topological polar surface area (TPSA) is 101 Å². The lowest BCUT2D eigenvalue weighted by atomic mass is 10.1. The minimum absolute atomic E-state index is 0.131. The van der Waals surface area contributed by atoms with Crippen molar-refractivity contribution in [3.8, 4) is 11.8 Å².